The first-order valence-corrected chi connectivity index (χ1v) is 9.58. The van der Waals surface area contributed by atoms with Crippen molar-refractivity contribution >= 4 is 29.2 Å². The molecule has 0 saturated carbocycles. The minimum atomic E-state index is -0.496. The molecule has 1 amide bonds. The van der Waals surface area contributed by atoms with Crippen molar-refractivity contribution < 1.29 is 28.2 Å². The van der Waals surface area contributed by atoms with Gasteiger partial charge in [-0.05, 0) is 45.7 Å². The molecule has 29 heavy (non-hydrogen) atoms. The van der Waals surface area contributed by atoms with Crippen molar-refractivity contribution in [1.29, 1.82) is 0 Å². The number of esters is 1. The fourth-order valence-electron chi connectivity index (χ4n) is 2.97. The Kier molecular flexibility index (Phi) is 6.14. The molecule has 1 saturated heterocycles. The summed E-state index contributed by atoms with van der Waals surface area (Å²) >= 11 is 0. The molecule has 0 bridgehead atoms. The van der Waals surface area contributed by atoms with Crippen LogP contribution >= 0.6 is 0 Å². The van der Waals surface area contributed by atoms with E-state index < -0.39 is 11.6 Å². The van der Waals surface area contributed by atoms with Crippen LogP contribution in [0.3, 0.4) is 0 Å². The van der Waals surface area contributed by atoms with E-state index in [4.69, 9.17) is 13.9 Å². The summed E-state index contributed by atoms with van der Waals surface area (Å²) in [4.78, 5) is 29.5. The predicted octanol–water partition coefficient (Wildman–Crippen LogP) is 3.19. The highest BCUT2D eigenvalue weighted by atomic mass is 16.6. The van der Waals surface area contributed by atoms with Crippen LogP contribution in [0.2, 0.25) is 0 Å². The molecule has 1 aliphatic heterocycles. The maximum atomic E-state index is 12.2. The zero-order chi connectivity index (χ0) is 21.0. The van der Waals surface area contributed by atoms with Gasteiger partial charge in [0.2, 0.25) is 0 Å². The molecular formula is C20H27N3O6. The van der Waals surface area contributed by atoms with Gasteiger partial charge in [0.05, 0.1) is 7.11 Å². The fraction of sp³-hybridized carbons (Fsp3) is 0.550. The van der Waals surface area contributed by atoms with Crippen LogP contribution in [0.15, 0.2) is 22.6 Å². The van der Waals surface area contributed by atoms with Gasteiger partial charge in [0.15, 0.2) is 12.2 Å². The molecule has 158 valence electrons. The number of ether oxygens (including phenoxy) is 3. The van der Waals surface area contributed by atoms with Crippen LogP contribution in [-0.4, -0.2) is 60.4 Å². The van der Waals surface area contributed by atoms with E-state index in [2.05, 4.69) is 15.0 Å². The van der Waals surface area contributed by atoms with E-state index in [9.17, 15) is 9.59 Å². The number of aromatic nitrogens is 1. The average molecular weight is 405 g/mol. The molecule has 3 rings (SSSR count). The van der Waals surface area contributed by atoms with Crippen LogP contribution in [-0.2, 0) is 14.3 Å². The van der Waals surface area contributed by atoms with E-state index in [1.54, 1.807) is 23.1 Å². The topological polar surface area (TPSA) is 103 Å². The second-order valence-electron chi connectivity index (χ2n) is 7.90. The number of nitrogens with zero attached hydrogens (tertiary/aromatic N) is 2. The lowest BCUT2D eigenvalue weighted by Gasteiger charge is -2.33. The highest BCUT2D eigenvalue weighted by Gasteiger charge is 2.27. The van der Waals surface area contributed by atoms with E-state index in [0.717, 1.165) is 12.8 Å². The summed E-state index contributed by atoms with van der Waals surface area (Å²) in [6.45, 7) is 6.63. The molecule has 0 unspecified atom stereocenters. The SMILES string of the molecule is COC(=O)COc1ccc2oc(NC3CCN(C(=O)OC(C)(C)C)CC3)nc2c1. The first-order chi connectivity index (χ1) is 13.7. The molecule has 9 nitrogen and oxygen atoms in total. The van der Waals surface area contributed by atoms with Gasteiger partial charge in [-0.25, -0.2) is 9.59 Å². The number of carbonyl (C=O) groups excluding carboxylic acids is 2. The third-order valence-corrected chi connectivity index (χ3v) is 4.42. The lowest BCUT2D eigenvalue weighted by molar-refractivity contribution is -0.142. The van der Waals surface area contributed by atoms with Gasteiger partial charge in [-0.2, -0.15) is 4.98 Å². The highest BCUT2D eigenvalue weighted by molar-refractivity contribution is 5.76. The molecule has 1 fully saturated rings. The number of methoxy groups -OCH3 is 1. The summed E-state index contributed by atoms with van der Waals surface area (Å²) in [6, 6.07) is 5.72. The minimum Gasteiger partial charge on any atom is -0.482 e. The van der Waals surface area contributed by atoms with E-state index in [1.165, 1.54) is 7.11 Å². The molecule has 0 radical (unpaired) electrons. The molecule has 1 aromatic carbocycles. The Balaban J connectivity index is 1.54. The van der Waals surface area contributed by atoms with Crippen molar-refractivity contribution in [3.05, 3.63) is 18.2 Å². The number of hydrogen-bond acceptors (Lipinski definition) is 8. The van der Waals surface area contributed by atoms with E-state index in [0.29, 0.717) is 36.0 Å². The molecule has 0 atom stereocenters. The van der Waals surface area contributed by atoms with Crippen molar-refractivity contribution in [2.75, 3.05) is 32.1 Å². The number of oxazole rings is 1. The number of hydrogen-bond donors (Lipinski definition) is 1. The lowest BCUT2D eigenvalue weighted by atomic mass is 10.1. The van der Waals surface area contributed by atoms with Crippen molar-refractivity contribution in [2.24, 2.45) is 0 Å². The Morgan fingerprint density at radius 3 is 2.66 bits per heavy atom. The largest absolute Gasteiger partial charge is 0.482 e. The van der Waals surface area contributed by atoms with Crippen molar-refractivity contribution in [3.8, 4) is 5.75 Å². The maximum Gasteiger partial charge on any atom is 0.410 e. The standard InChI is InChI=1S/C20H27N3O6/c1-20(2,3)29-19(25)23-9-7-13(8-10-23)21-18-22-15-11-14(5-6-16(15)28-18)27-12-17(24)26-4/h5-6,11,13H,7-10,12H2,1-4H3,(H,21,22). The molecule has 1 N–H and O–H groups in total. The summed E-state index contributed by atoms with van der Waals surface area (Å²) in [5.74, 6) is 0.0544. The smallest absolute Gasteiger partial charge is 0.410 e. The van der Waals surface area contributed by atoms with Crippen LogP contribution in [0.1, 0.15) is 33.6 Å². The summed E-state index contributed by atoms with van der Waals surface area (Å²) in [6.07, 6.45) is 1.26. The molecule has 2 aromatic rings. The molecule has 2 heterocycles. The van der Waals surface area contributed by atoms with Gasteiger partial charge in [0, 0.05) is 25.2 Å². The predicted molar refractivity (Wildman–Crippen MR) is 106 cm³/mol. The molecule has 0 aliphatic carbocycles. The van der Waals surface area contributed by atoms with Gasteiger partial charge in [-0.15, -0.1) is 0 Å². The average Bonchev–Trinajstić information content (AvgIpc) is 3.06. The van der Waals surface area contributed by atoms with Crippen LogP contribution in [0.25, 0.3) is 11.1 Å². The number of carbonyl (C=O) groups is 2. The van der Waals surface area contributed by atoms with Crippen molar-refractivity contribution in [2.45, 2.75) is 45.3 Å². The number of rotatable bonds is 5. The Hall–Kier alpha value is -2.97. The molecule has 9 heteroatoms. The molecule has 0 spiro atoms. The molecular weight excluding hydrogens is 378 g/mol. The summed E-state index contributed by atoms with van der Waals surface area (Å²) in [5.41, 5.74) is 0.745. The lowest BCUT2D eigenvalue weighted by Crippen LogP contribution is -2.44. The first-order valence-electron chi connectivity index (χ1n) is 9.58. The van der Waals surface area contributed by atoms with Crippen LogP contribution in [0.4, 0.5) is 10.8 Å². The normalized spacial score (nSPS) is 15.2. The summed E-state index contributed by atoms with van der Waals surface area (Å²) in [7, 11) is 1.31. The zero-order valence-electron chi connectivity index (χ0n) is 17.2. The van der Waals surface area contributed by atoms with Crippen molar-refractivity contribution in [1.82, 2.24) is 9.88 Å². The van der Waals surface area contributed by atoms with E-state index in [1.807, 2.05) is 20.8 Å². The summed E-state index contributed by atoms with van der Waals surface area (Å²) in [5, 5.41) is 3.29. The number of fused-ring (bicyclic) bond motifs is 1. The number of piperidine rings is 1. The minimum absolute atomic E-state index is 0.150. The number of benzene rings is 1. The number of amides is 1. The number of anilines is 1. The van der Waals surface area contributed by atoms with E-state index in [-0.39, 0.29) is 18.7 Å². The van der Waals surface area contributed by atoms with Crippen LogP contribution < -0.4 is 10.1 Å². The second kappa shape index (κ2) is 8.59. The fourth-order valence-corrected chi connectivity index (χ4v) is 2.97. The molecule has 1 aromatic heterocycles. The number of likely N-dealkylation sites (tertiary alicyclic amines) is 1. The third kappa shape index (κ3) is 5.75. The summed E-state index contributed by atoms with van der Waals surface area (Å²) < 4.78 is 21.1. The third-order valence-electron chi connectivity index (χ3n) is 4.42. The Bertz CT molecular complexity index is 865. The van der Waals surface area contributed by atoms with Gasteiger partial charge >= 0.3 is 12.1 Å². The second-order valence-corrected chi connectivity index (χ2v) is 7.90. The Labute approximate surface area is 169 Å². The van der Waals surface area contributed by atoms with Gasteiger partial charge in [0.25, 0.3) is 6.01 Å². The molecule has 1 aliphatic rings. The van der Waals surface area contributed by atoms with Gasteiger partial charge in [0.1, 0.15) is 16.9 Å². The van der Waals surface area contributed by atoms with Crippen molar-refractivity contribution in [3.63, 3.8) is 0 Å². The zero-order valence-corrected chi connectivity index (χ0v) is 17.2. The van der Waals surface area contributed by atoms with Crippen LogP contribution in [0, 0.1) is 0 Å². The van der Waals surface area contributed by atoms with Gasteiger partial charge in [-0.3, -0.25) is 0 Å². The van der Waals surface area contributed by atoms with Gasteiger partial charge < -0.3 is 28.8 Å². The first kappa shape index (κ1) is 20.8. The maximum absolute atomic E-state index is 12.2. The van der Waals surface area contributed by atoms with Gasteiger partial charge in [-0.1, -0.05) is 0 Å². The quantitative estimate of drug-likeness (QED) is 0.757. The highest BCUT2D eigenvalue weighted by Crippen LogP contribution is 2.25. The number of nitrogens with one attached hydrogen (secondary N) is 1. The van der Waals surface area contributed by atoms with E-state index >= 15 is 0 Å². The Morgan fingerprint density at radius 1 is 1.28 bits per heavy atom. The van der Waals surface area contributed by atoms with Crippen LogP contribution in [0.5, 0.6) is 5.75 Å². The Morgan fingerprint density at radius 2 is 2.00 bits per heavy atom. The monoisotopic (exact) mass is 405 g/mol.